The van der Waals surface area contributed by atoms with Gasteiger partial charge in [-0.15, -0.1) is 11.8 Å². The number of hydrogen-bond acceptors (Lipinski definition) is 3. The first kappa shape index (κ1) is 18.5. The number of thioether (sulfide) groups is 1. The third kappa shape index (κ3) is 4.67. The van der Waals surface area contributed by atoms with Crippen molar-refractivity contribution in [1.29, 1.82) is 0 Å². The maximum absolute atomic E-state index is 12.4. The molecule has 0 fully saturated rings. The van der Waals surface area contributed by atoms with Crippen molar-refractivity contribution in [1.82, 2.24) is 0 Å². The first-order valence-corrected chi connectivity index (χ1v) is 10.2. The summed E-state index contributed by atoms with van der Waals surface area (Å²) in [4.78, 5) is 13.6. The van der Waals surface area contributed by atoms with Crippen LogP contribution in [0.5, 0.6) is 5.75 Å². The molecule has 0 saturated heterocycles. The number of benzene rings is 3. The normalized spacial score (nSPS) is 10.8. The highest BCUT2D eigenvalue weighted by Gasteiger charge is 2.12. The molecule has 0 heterocycles. The topological polar surface area (TPSA) is 26.3 Å². The molecular weight excluding hydrogens is 340 g/mol. The summed E-state index contributed by atoms with van der Waals surface area (Å²) in [7, 11) is 0. The molecule has 0 aliphatic carbocycles. The van der Waals surface area contributed by atoms with E-state index in [-0.39, 0.29) is 5.97 Å². The summed E-state index contributed by atoms with van der Waals surface area (Å²) in [6, 6.07) is 21.2. The summed E-state index contributed by atoms with van der Waals surface area (Å²) >= 11 is 1.88. The van der Waals surface area contributed by atoms with Crippen LogP contribution in [-0.4, -0.2) is 11.7 Å². The van der Waals surface area contributed by atoms with E-state index in [0.29, 0.717) is 11.3 Å². The molecule has 0 N–H and O–H groups in total. The summed E-state index contributed by atoms with van der Waals surface area (Å²) in [5.41, 5.74) is 0.561. The van der Waals surface area contributed by atoms with Crippen molar-refractivity contribution in [2.75, 3.05) is 5.75 Å². The molecule has 26 heavy (non-hydrogen) atoms. The van der Waals surface area contributed by atoms with Crippen LogP contribution in [-0.2, 0) is 0 Å². The zero-order chi connectivity index (χ0) is 18.2. The summed E-state index contributed by atoms with van der Waals surface area (Å²) in [5.74, 6) is 1.41. The lowest BCUT2D eigenvalue weighted by Crippen LogP contribution is -2.08. The van der Waals surface area contributed by atoms with E-state index in [4.69, 9.17) is 4.74 Å². The monoisotopic (exact) mass is 364 g/mol. The highest BCUT2D eigenvalue weighted by molar-refractivity contribution is 7.99. The zero-order valence-corrected chi connectivity index (χ0v) is 15.9. The summed E-state index contributed by atoms with van der Waals surface area (Å²) in [6.45, 7) is 2.23. The fourth-order valence-corrected chi connectivity index (χ4v) is 3.97. The Bertz CT molecular complexity index is 858. The first-order chi connectivity index (χ1) is 12.8. The summed E-state index contributed by atoms with van der Waals surface area (Å²) < 4.78 is 5.68. The Kier molecular flexibility index (Phi) is 6.73. The lowest BCUT2D eigenvalue weighted by atomic mass is 10.1. The molecule has 134 valence electrons. The Morgan fingerprint density at radius 3 is 2.35 bits per heavy atom. The van der Waals surface area contributed by atoms with Crippen molar-refractivity contribution in [2.45, 2.75) is 37.5 Å². The highest BCUT2D eigenvalue weighted by atomic mass is 32.2. The number of unbranched alkanes of at least 4 members (excludes halogenated alkanes) is 3. The smallest absolute Gasteiger partial charge is 0.343 e. The van der Waals surface area contributed by atoms with Gasteiger partial charge in [0.15, 0.2) is 0 Å². The second kappa shape index (κ2) is 9.44. The molecule has 3 rings (SSSR count). The predicted molar refractivity (Wildman–Crippen MR) is 110 cm³/mol. The number of carbonyl (C=O) groups excluding carboxylic acids is 1. The lowest BCUT2D eigenvalue weighted by molar-refractivity contribution is 0.0737. The molecule has 0 bridgehead atoms. The van der Waals surface area contributed by atoms with Gasteiger partial charge in [0, 0.05) is 10.3 Å². The van der Waals surface area contributed by atoms with E-state index in [0.717, 1.165) is 16.5 Å². The van der Waals surface area contributed by atoms with E-state index in [1.807, 2.05) is 54.2 Å². The van der Waals surface area contributed by atoms with Gasteiger partial charge in [-0.05, 0) is 41.8 Å². The number of esters is 1. The van der Waals surface area contributed by atoms with Gasteiger partial charge in [0.05, 0.1) is 5.56 Å². The van der Waals surface area contributed by atoms with Crippen LogP contribution in [0.1, 0.15) is 43.0 Å². The molecular formula is C23H24O2S. The Balaban J connectivity index is 1.78. The SMILES string of the molecule is CCCCCCSc1ccc(OC(=O)c2ccccc2)c2ccccc12. The zero-order valence-electron chi connectivity index (χ0n) is 15.1. The highest BCUT2D eigenvalue weighted by Crippen LogP contribution is 2.34. The Labute approximate surface area is 159 Å². The Hall–Kier alpha value is -2.26. The molecule has 3 aromatic carbocycles. The second-order valence-corrected chi connectivity index (χ2v) is 7.41. The van der Waals surface area contributed by atoms with Crippen LogP contribution >= 0.6 is 11.8 Å². The van der Waals surface area contributed by atoms with Gasteiger partial charge in [0.2, 0.25) is 0 Å². The lowest BCUT2D eigenvalue weighted by Gasteiger charge is -2.11. The second-order valence-electron chi connectivity index (χ2n) is 6.27. The van der Waals surface area contributed by atoms with E-state index < -0.39 is 0 Å². The van der Waals surface area contributed by atoms with Gasteiger partial charge in [-0.3, -0.25) is 0 Å². The summed E-state index contributed by atoms with van der Waals surface area (Å²) in [5, 5.41) is 2.13. The average molecular weight is 365 g/mol. The van der Waals surface area contributed by atoms with Gasteiger partial charge in [-0.1, -0.05) is 68.7 Å². The van der Waals surface area contributed by atoms with Crippen LogP contribution < -0.4 is 4.74 Å². The minimum absolute atomic E-state index is 0.323. The molecule has 0 amide bonds. The van der Waals surface area contributed by atoms with Gasteiger partial charge in [-0.25, -0.2) is 4.79 Å². The number of fused-ring (bicyclic) bond motifs is 1. The van der Waals surface area contributed by atoms with E-state index in [9.17, 15) is 4.79 Å². The van der Waals surface area contributed by atoms with Crippen LogP contribution in [0.2, 0.25) is 0 Å². The van der Waals surface area contributed by atoms with Gasteiger partial charge in [-0.2, -0.15) is 0 Å². The molecule has 2 nitrogen and oxygen atoms in total. The summed E-state index contributed by atoms with van der Waals surface area (Å²) in [6.07, 6.45) is 5.08. The van der Waals surface area contributed by atoms with Crippen molar-refractivity contribution < 1.29 is 9.53 Å². The Morgan fingerprint density at radius 1 is 0.846 bits per heavy atom. The fraction of sp³-hybridized carbons (Fsp3) is 0.261. The molecule has 0 aliphatic rings. The maximum atomic E-state index is 12.4. The quantitative estimate of drug-likeness (QED) is 0.192. The largest absolute Gasteiger partial charge is 0.422 e. The number of rotatable bonds is 8. The maximum Gasteiger partial charge on any atom is 0.343 e. The molecule has 0 aliphatic heterocycles. The van der Waals surface area contributed by atoms with Crippen LogP contribution in [0.15, 0.2) is 71.6 Å². The van der Waals surface area contributed by atoms with Crippen LogP contribution in [0.4, 0.5) is 0 Å². The number of ether oxygens (including phenoxy) is 1. The molecule has 0 unspecified atom stereocenters. The van der Waals surface area contributed by atoms with E-state index in [1.54, 1.807) is 12.1 Å². The molecule has 0 atom stereocenters. The molecule has 0 radical (unpaired) electrons. The minimum atomic E-state index is -0.323. The van der Waals surface area contributed by atoms with Gasteiger partial charge in [0.25, 0.3) is 0 Å². The van der Waals surface area contributed by atoms with Gasteiger partial charge < -0.3 is 4.74 Å². The molecule has 3 heteroatoms. The van der Waals surface area contributed by atoms with Crippen LogP contribution in [0, 0.1) is 0 Å². The van der Waals surface area contributed by atoms with Crippen LogP contribution in [0.25, 0.3) is 10.8 Å². The fourth-order valence-electron chi connectivity index (χ4n) is 2.90. The number of carbonyl (C=O) groups is 1. The van der Waals surface area contributed by atoms with Crippen molar-refractivity contribution in [3.63, 3.8) is 0 Å². The van der Waals surface area contributed by atoms with Crippen molar-refractivity contribution >= 4 is 28.5 Å². The van der Waals surface area contributed by atoms with Crippen molar-refractivity contribution in [2.24, 2.45) is 0 Å². The first-order valence-electron chi connectivity index (χ1n) is 9.21. The number of hydrogen-bond donors (Lipinski definition) is 0. The average Bonchev–Trinajstić information content (AvgIpc) is 2.70. The van der Waals surface area contributed by atoms with Crippen molar-refractivity contribution in [3.8, 4) is 5.75 Å². The third-order valence-corrected chi connectivity index (χ3v) is 5.47. The van der Waals surface area contributed by atoms with Gasteiger partial charge in [0.1, 0.15) is 5.75 Å². The van der Waals surface area contributed by atoms with Crippen LogP contribution in [0.3, 0.4) is 0 Å². The molecule has 3 aromatic rings. The van der Waals surface area contributed by atoms with Gasteiger partial charge >= 0.3 is 5.97 Å². The molecule has 0 spiro atoms. The van der Waals surface area contributed by atoms with E-state index >= 15 is 0 Å². The predicted octanol–water partition coefficient (Wildman–Crippen LogP) is 6.73. The van der Waals surface area contributed by atoms with E-state index in [2.05, 4.69) is 19.1 Å². The van der Waals surface area contributed by atoms with E-state index in [1.165, 1.54) is 30.6 Å². The standard InChI is InChI=1S/C23H24O2S/c1-2-3-4-10-17-26-22-16-15-21(19-13-8-9-14-20(19)22)25-23(24)18-11-6-5-7-12-18/h5-9,11-16H,2-4,10,17H2,1H3. The van der Waals surface area contributed by atoms with Crippen molar-refractivity contribution in [3.05, 3.63) is 72.3 Å². The third-order valence-electron chi connectivity index (χ3n) is 4.31. The minimum Gasteiger partial charge on any atom is -0.422 e. The molecule has 0 saturated carbocycles. The molecule has 0 aromatic heterocycles. The Morgan fingerprint density at radius 2 is 1.58 bits per heavy atom.